The molecule has 2 unspecified atom stereocenters. The summed E-state index contributed by atoms with van der Waals surface area (Å²) in [7, 11) is 2.12. The van der Waals surface area contributed by atoms with Gasteiger partial charge in [0, 0.05) is 6.04 Å². The van der Waals surface area contributed by atoms with Crippen molar-refractivity contribution < 1.29 is 9.90 Å². The first-order valence-electron chi connectivity index (χ1n) is 7.24. The Bertz CT molecular complexity index is 271. The third kappa shape index (κ3) is 3.69. The molecule has 0 radical (unpaired) electrons. The Morgan fingerprint density at radius 1 is 1.44 bits per heavy atom. The molecule has 0 heterocycles. The van der Waals surface area contributed by atoms with Gasteiger partial charge in [-0.2, -0.15) is 0 Å². The molecule has 0 aliphatic heterocycles. The number of hydrogen-bond donors (Lipinski definition) is 2. The summed E-state index contributed by atoms with van der Waals surface area (Å²) in [6.07, 6.45) is 5.72. The van der Waals surface area contributed by atoms with E-state index in [0.29, 0.717) is 6.04 Å². The average molecular weight is 256 g/mol. The summed E-state index contributed by atoms with van der Waals surface area (Å²) in [5.74, 6) is -0.675. The van der Waals surface area contributed by atoms with Crippen LogP contribution < -0.4 is 5.32 Å². The van der Waals surface area contributed by atoms with Gasteiger partial charge in [0.25, 0.3) is 0 Å². The summed E-state index contributed by atoms with van der Waals surface area (Å²) in [4.78, 5) is 14.0. The van der Waals surface area contributed by atoms with Crippen molar-refractivity contribution in [3.63, 3.8) is 0 Å². The Kier molecular flexibility index (Phi) is 6.09. The Labute approximate surface area is 111 Å². The van der Waals surface area contributed by atoms with Crippen LogP contribution in [0.5, 0.6) is 0 Å². The zero-order chi connectivity index (χ0) is 13.6. The van der Waals surface area contributed by atoms with Gasteiger partial charge in [0.15, 0.2) is 0 Å². The van der Waals surface area contributed by atoms with Crippen molar-refractivity contribution in [3.05, 3.63) is 0 Å². The molecule has 4 heteroatoms. The van der Waals surface area contributed by atoms with Crippen molar-refractivity contribution in [2.75, 3.05) is 20.1 Å². The van der Waals surface area contributed by atoms with Crippen LogP contribution in [0.4, 0.5) is 0 Å². The molecule has 0 saturated heterocycles. The fraction of sp³-hybridized carbons (Fsp3) is 0.929. The summed E-state index contributed by atoms with van der Waals surface area (Å²) in [5.41, 5.74) is -0.694. The number of nitrogens with zero attached hydrogens (tertiary/aromatic N) is 1. The van der Waals surface area contributed by atoms with Gasteiger partial charge in [0.2, 0.25) is 0 Å². The minimum absolute atomic E-state index is 0.402. The highest BCUT2D eigenvalue weighted by atomic mass is 16.4. The molecule has 2 atom stereocenters. The van der Waals surface area contributed by atoms with Crippen LogP contribution in [0.1, 0.15) is 52.4 Å². The van der Waals surface area contributed by atoms with E-state index in [9.17, 15) is 9.90 Å². The van der Waals surface area contributed by atoms with Gasteiger partial charge in [0.1, 0.15) is 5.54 Å². The smallest absolute Gasteiger partial charge is 0.323 e. The molecule has 0 aromatic heterocycles. The van der Waals surface area contributed by atoms with Crippen LogP contribution >= 0.6 is 0 Å². The minimum atomic E-state index is -0.694. The minimum Gasteiger partial charge on any atom is -0.480 e. The lowest BCUT2D eigenvalue weighted by Gasteiger charge is -2.41. The Morgan fingerprint density at radius 3 is 2.72 bits per heavy atom. The van der Waals surface area contributed by atoms with Gasteiger partial charge in [-0.1, -0.05) is 13.8 Å². The molecule has 0 amide bonds. The lowest BCUT2D eigenvalue weighted by atomic mass is 9.78. The van der Waals surface area contributed by atoms with Gasteiger partial charge in [0.05, 0.1) is 0 Å². The number of nitrogens with one attached hydrogen (secondary N) is 1. The molecular weight excluding hydrogens is 228 g/mol. The lowest BCUT2D eigenvalue weighted by molar-refractivity contribution is -0.147. The molecule has 1 saturated carbocycles. The summed E-state index contributed by atoms with van der Waals surface area (Å²) < 4.78 is 0. The molecule has 2 N–H and O–H groups in total. The van der Waals surface area contributed by atoms with Crippen molar-refractivity contribution in [3.8, 4) is 0 Å². The SMILES string of the molecule is CCCNC1(C(=O)O)CCCC(N(C)CCC)C1. The molecule has 1 aliphatic rings. The van der Waals surface area contributed by atoms with Crippen molar-refractivity contribution in [1.82, 2.24) is 10.2 Å². The van der Waals surface area contributed by atoms with Crippen molar-refractivity contribution in [1.29, 1.82) is 0 Å². The van der Waals surface area contributed by atoms with Gasteiger partial charge < -0.3 is 15.3 Å². The van der Waals surface area contributed by atoms with Crippen LogP contribution in [0.3, 0.4) is 0 Å². The third-order valence-corrected chi connectivity index (χ3v) is 4.05. The van der Waals surface area contributed by atoms with Gasteiger partial charge in [-0.15, -0.1) is 0 Å². The van der Waals surface area contributed by atoms with Crippen LogP contribution in [0, 0.1) is 0 Å². The highest BCUT2D eigenvalue weighted by molar-refractivity contribution is 5.79. The van der Waals surface area contributed by atoms with Crippen LogP contribution in [-0.2, 0) is 4.79 Å². The fourth-order valence-corrected chi connectivity index (χ4v) is 2.95. The largest absolute Gasteiger partial charge is 0.480 e. The molecule has 1 aliphatic carbocycles. The van der Waals surface area contributed by atoms with E-state index in [4.69, 9.17) is 0 Å². The summed E-state index contributed by atoms with van der Waals surface area (Å²) in [5, 5.41) is 12.8. The normalized spacial score (nSPS) is 28.6. The van der Waals surface area contributed by atoms with E-state index in [1.807, 2.05) is 0 Å². The number of carbonyl (C=O) groups is 1. The summed E-state index contributed by atoms with van der Waals surface area (Å²) in [6.45, 7) is 6.08. The predicted octanol–water partition coefficient (Wildman–Crippen LogP) is 2.09. The number of carboxylic acid groups (broad SMARTS) is 1. The van der Waals surface area contributed by atoms with E-state index in [0.717, 1.165) is 51.6 Å². The molecule has 0 aromatic carbocycles. The summed E-state index contributed by atoms with van der Waals surface area (Å²) in [6, 6.07) is 0.402. The number of rotatable bonds is 7. The molecule has 1 rings (SSSR count). The van der Waals surface area contributed by atoms with Gasteiger partial charge in [-0.05, 0) is 58.7 Å². The van der Waals surface area contributed by atoms with Crippen LogP contribution in [0.2, 0.25) is 0 Å². The standard InChI is InChI=1S/C14H28N2O2/c1-4-9-15-14(13(17)18)8-6-7-12(11-14)16(3)10-5-2/h12,15H,4-11H2,1-3H3,(H,17,18). The second kappa shape index (κ2) is 7.10. The maximum Gasteiger partial charge on any atom is 0.323 e. The molecular formula is C14H28N2O2. The van der Waals surface area contributed by atoms with E-state index in [1.165, 1.54) is 0 Å². The zero-order valence-corrected chi connectivity index (χ0v) is 12.0. The maximum atomic E-state index is 11.6. The van der Waals surface area contributed by atoms with Crippen LogP contribution in [0.15, 0.2) is 0 Å². The first kappa shape index (κ1) is 15.4. The van der Waals surface area contributed by atoms with Gasteiger partial charge in [-0.3, -0.25) is 4.79 Å². The molecule has 0 bridgehead atoms. The molecule has 1 fully saturated rings. The second-order valence-electron chi connectivity index (χ2n) is 5.54. The van der Waals surface area contributed by atoms with E-state index < -0.39 is 11.5 Å². The van der Waals surface area contributed by atoms with Crippen LogP contribution in [0.25, 0.3) is 0 Å². The molecule has 0 aromatic rings. The second-order valence-corrected chi connectivity index (χ2v) is 5.54. The zero-order valence-electron chi connectivity index (χ0n) is 12.0. The number of carboxylic acids is 1. The molecule has 18 heavy (non-hydrogen) atoms. The van der Waals surface area contributed by atoms with Gasteiger partial charge in [-0.25, -0.2) is 0 Å². The topological polar surface area (TPSA) is 52.6 Å². The molecule has 106 valence electrons. The quantitative estimate of drug-likeness (QED) is 0.732. The third-order valence-electron chi connectivity index (χ3n) is 4.05. The Hall–Kier alpha value is -0.610. The Balaban J connectivity index is 2.70. The highest BCUT2D eigenvalue weighted by Crippen LogP contribution is 2.31. The van der Waals surface area contributed by atoms with E-state index in [-0.39, 0.29) is 0 Å². The van der Waals surface area contributed by atoms with Crippen molar-refractivity contribution in [2.45, 2.75) is 64.0 Å². The first-order valence-corrected chi connectivity index (χ1v) is 7.24. The van der Waals surface area contributed by atoms with Crippen LogP contribution in [-0.4, -0.2) is 47.7 Å². The number of hydrogen-bond acceptors (Lipinski definition) is 3. The predicted molar refractivity (Wildman–Crippen MR) is 73.8 cm³/mol. The van der Waals surface area contributed by atoms with Gasteiger partial charge >= 0.3 is 5.97 Å². The highest BCUT2D eigenvalue weighted by Gasteiger charge is 2.43. The molecule has 4 nitrogen and oxygen atoms in total. The number of aliphatic carboxylic acids is 1. The molecule has 0 spiro atoms. The average Bonchev–Trinajstić information content (AvgIpc) is 2.36. The maximum absolute atomic E-state index is 11.6. The Morgan fingerprint density at radius 2 is 2.17 bits per heavy atom. The first-order chi connectivity index (χ1) is 8.55. The lowest BCUT2D eigenvalue weighted by Crippen LogP contribution is -2.58. The van der Waals surface area contributed by atoms with E-state index in [2.05, 4.69) is 31.1 Å². The van der Waals surface area contributed by atoms with Crippen molar-refractivity contribution in [2.24, 2.45) is 0 Å². The fourth-order valence-electron chi connectivity index (χ4n) is 2.95. The van der Waals surface area contributed by atoms with Crippen molar-refractivity contribution >= 4 is 5.97 Å². The monoisotopic (exact) mass is 256 g/mol. The summed E-state index contributed by atoms with van der Waals surface area (Å²) >= 11 is 0. The van der Waals surface area contributed by atoms with E-state index in [1.54, 1.807) is 0 Å². The van der Waals surface area contributed by atoms with E-state index >= 15 is 0 Å².